The lowest BCUT2D eigenvalue weighted by Gasteiger charge is -2.29. The maximum atomic E-state index is 5.41. The van der Waals surface area contributed by atoms with Crippen molar-refractivity contribution in [1.82, 2.24) is 14.5 Å². The Balaban J connectivity index is 1.04. The second-order valence-corrected chi connectivity index (χ2v) is 19.9. The summed E-state index contributed by atoms with van der Waals surface area (Å²) in [6.07, 6.45) is 9.89. The van der Waals surface area contributed by atoms with Gasteiger partial charge < -0.3 is 4.90 Å². The van der Waals surface area contributed by atoms with Crippen LogP contribution in [0.15, 0.2) is 200 Å². The van der Waals surface area contributed by atoms with Gasteiger partial charge in [0.25, 0.3) is 0 Å². The van der Waals surface area contributed by atoms with Crippen molar-refractivity contribution in [3.63, 3.8) is 0 Å². The first-order valence-corrected chi connectivity index (χ1v) is 24.8. The molecule has 10 aromatic rings. The molecule has 2 heterocycles. The van der Waals surface area contributed by atoms with Crippen LogP contribution in [-0.4, -0.2) is 14.5 Å². The molecule has 0 spiro atoms. The second-order valence-electron chi connectivity index (χ2n) is 19.9. The van der Waals surface area contributed by atoms with Crippen LogP contribution >= 0.6 is 0 Å². The standard InChI is InChI=1S/C65H56N4/c1-6-42(2)37-48-38-50(68(49-20-11-8-12-21-49)51-32-34-55-54-23-15-16-24-57(54)65(4,5)58(55)40-51)31-33-52(48)47-30-35-61-56(39-47)63-53-22-14-13-17-44(53)29-36-62(63)69(61)64-66-59(45-18-9-7-10-19-45)41-60(67-64)46-27-25-43(3)26-28-46/h7-25,27-36,38-43H,6,26,37H2,1-5H3. The molecule has 0 radical (unpaired) electrons. The highest BCUT2D eigenvalue weighted by Gasteiger charge is 2.36. The molecule has 0 aliphatic heterocycles. The Morgan fingerprint density at radius 1 is 0.609 bits per heavy atom. The molecule has 4 nitrogen and oxygen atoms in total. The van der Waals surface area contributed by atoms with Crippen molar-refractivity contribution in [2.24, 2.45) is 11.8 Å². The van der Waals surface area contributed by atoms with Crippen LogP contribution in [0.5, 0.6) is 0 Å². The summed E-state index contributed by atoms with van der Waals surface area (Å²) in [6.45, 7) is 11.7. The van der Waals surface area contributed by atoms with Crippen LogP contribution < -0.4 is 4.90 Å². The molecule has 0 bridgehead atoms. The molecule has 2 aromatic heterocycles. The number of benzene rings is 8. The average molecular weight is 893 g/mol. The molecule has 0 amide bonds. The Kier molecular flexibility index (Phi) is 10.5. The van der Waals surface area contributed by atoms with Gasteiger partial charge in [0.05, 0.1) is 22.4 Å². The number of aromatic nitrogens is 3. The molecule has 2 atom stereocenters. The molecule has 0 saturated heterocycles. The van der Waals surface area contributed by atoms with Crippen molar-refractivity contribution in [2.75, 3.05) is 4.90 Å². The molecule has 4 heteroatoms. The monoisotopic (exact) mass is 892 g/mol. The minimum absolute atomic E-state index is 0.106. The lowest BCUT2D eigenvalue weighted by Crippen LogP contribution is -2.16. The Morgan fingerprint density at radius 3 is 2.10 bits per heavy atom. The van der Waals surface area contributed by atoms with E-state index in [2.05, 4.69) is 244 Å². The van der Waals surface area contributed by atoms with Gasteiger partial charge >= 0.3 is 0 Å². The summed E-state index contributed by atoms with van der Waals surface area (Å²) in [7, 11) is 0. The molecule has 0 fully saturated rings. The fourth-order valence-electron chi connectivity index (χ4n) is 11.1. The predicted octanol–water partition coefficient (Wildman–Crippen LogP) is 17.4. The van der Waals surface area contributed by atoms with Crippen molar-refractivity contribution in [2.45, 2.75) is 59.3 Å². The van der Waals surface area contributed by atoms with E-state index in [0.29, 0.717) is 17.8 Å². The summed E-state index contributed by atoms with van der Waals surface area (Å²) < 4.78 is 2.30. The van der Waals surface area contributed by atoms with Gasteiger partial charge in [-0.3, -0.25) is 4.57 Å². The molecule has 336 valence electrons. The third-order valence-corrected chi connectivity index (χ3v) is 15.0. The van der Waals surface area contributed by atoms with Crippen LogP contribution in [-0.2, 0) is 11.8 Å². The zero-order valence-electron chi connectivity index (χ0n) is 40.1. The molecular formula is C65H56N4. The topological polar surface area (TPSA) is 34.0 Å². The summed E-state index contributed by atoms with van der Waals surface area (Å²) in [5.41, 5.74) is 18.8. The van der Waals surface area contributed by atoms with E-state index >= 15 is 0 Å². The Hall–Kier alpha value is -7.82. The number of fused-ring (bicyclic) bond motifs is 8. The Morgan fingerprint density at radius 2 is 1.30 bits per heavy atom. The van der Waals surface area contributed by atoms with Crippen molar-refractivity contribution < 1.29 is 0 Å². The minimum Gasteiger partial charge on any atom is -0.310 e. The zero-order valence-corrected chi connectivity index (χ0v) is 40.1. The summed E-state index contributed by atoms with van der Waals surface area (Å²) in [5, 5.41) is 4.83. The number of rotatable bonds is 10. The smallest absolute Gasteiger partial charge is 0.235 e. The third kappa shape index (κ3) is 7.38. The van der Waals surface area contributed by atoms with Gasteiger partial charge in [-0.1, -0.05) is 181 Å². The first-order valence-electron chi connectivity index (χ1n) is 24.8. The first-order chi connectivity index (χ1) is 33.7. The van der Waals surface area contributed by atoms with E-state index in [4.69, 9.17) is 9.97 Å². The van der Waals surface area contributed by atoms with Gasteiger partial charge in [-0.15, -0.1) is 0 Å². The average Bonchev–Trinajstić information content (AvgIpc) is 3.85. The molecule has 2 aliphatic rings. The van der Waals surface area contributed by atoms with Gasteiger partial charge in [0.2, 0.25) is 5.95 Å². The first kappa shape index (κ1) is 42.5. The fourth-order valence-corrected chi connectivity index (χ4v) is 11.1. The quantitative estimate of drug-likeness (QED) is 0.137. The van der Waals surface area contributed by atoms with Crippen LogP contribution in [0.1, 0.15) is 69.8 Å². The van der Waals surface area contributed by atoms with Crippen LogP contribution in [0.4, 0.5) is 17.1 Å². The van der Waals surface area contributed by atoms with Gasteiger partial charge in [0.15, 0.2) is 0 Å². The maximum absolute atomic E-state index is 5.41. The number of hydrogen-bond acceptors (Lipinski definition) is 3. The van der Waals surface area contributed by atoms with E-state index < -0.39 is 0 Å². The van der Waals surface area contributed by atoms with Gasteiger partial charge in [-0.05, 0) is 141 Å². The molecule has 12 rings (SSSR count). The Labute approximate surface area is 406 Å². The number of para-hydroxylation sites is 1. The van der Waals surface area contributed by atoms with Crippen molar-refractivity contribution in [3.8, 4) is 39.5 Å². The molecule has 2 aliphatic carbocycles. The molecular weight excluding hydrogens is 837 g/mol. The van der Waals surface area contributed by atoms with Gasteiger partial charge in [0, 0.05) is 38.8 Å². The maximum Gasteiger partial charge on any atom is 0.235 e. The Bertz CT molecular complexity index is 3670. The zero-order chi connectivity index (χ0) is 46.8. The highest BCUT2D eigenvalue weighted by atomic mass is 15.2. The summed E-state index contributed by atoms with van der Waals surface area (Å²) in [4.78, 5) is 13.2. The van der Waals surface area contributed by atoms with Crippen LogP contribution in [0, 0.1) is 11.8 Å². The number of allylic oxidation sites excluding steroid dienone is 4. The molecule has 0 saturated carbocycles. The van der Waals surface area contributed by atoms with E-state index in [0.717, 1.165) is 69.9 Å². The minimum atomic E-state index is -0.106. The van der Waals surface area contributed by atoms with E-state index in [1.807, 2.05) is 0 Å². The molecule has 69 heavy (non-hydrogen) atoms. The van der Waals surface area contributed by atoms with Gasteiger partial charge in [-0.2, -0.15) is 0 Å². The van der Waals surface area contributed by atoms with Crippen molar-refractivity contribution >= 4 is 55.2 Å². The fraction of sp³-hybridized carbons (Fsp3) is 0.169. The molecule has 2 unspecified atom stereocenters. The summed E-state index contributed by atoms with van der Waals surface area (Å²) in [6, 6.07) is 67.0. The van der Waals surface area contributed by atoms with Gasteiger partial charge in [-0.25, -0.2) is 9.97 Å². The van der Waals surface area contributed by atoms with Crippen LogP contribution in [0.3, 0.4) is 0 Å². The van der Waals surface area contributed by atoms with E-state index in [9.17, 15) is 0 Å². The lowest BCUT2D eigenvalue weighted by atomic mass is 9.82. The number of hydrogen-bond donors (Lipinski definition) is 0. The van der Waals surface area contributed by atoms with Crippen LogP contribution in [0.25, 0.3) is 77.6 Å². The number of nitrogens with zero attached hydrogens (tertiary/aromatic N) is 4. The van der Waals surface area contributed by atoms with Crippen LogP contribution in [0.2, 0.25) is 0 Å². The summed E-state index contributed by atoms with van der Waals surface area (Å²) in [5.74, 6) is 1.67. The van der Waals surface area contributed by atoms with E-state index in [1.54, 1.807) is 0 Å². The lowest BCUT2D eigenvalue weighted by molar-refractivity contribution is 0.561. The van der Waals surface area contributed by atoms with E-state index in [1.165, 1.54) is 60.5 Å². The second kappa shape index (κ2) is 17.1. The highest BCUT2D eigenvalue weighted by molar-refractivity contribution is 6.21. The predicted molar refractivity (Wildman–Crippen MR) is 291 cm³/mol. The molecule has 8 aromatic carbocycles. The number of anilines is 3. The van der Waals surface area contributed by atoms with Crippen molar-refractivity contribution in [1.29, 1.82) is 0 Å². The van der Waals surface area contributed by atoms with Crippen molar-refractivity contribution in [3.05, 3.63) is 223 Å². The normalized spacial score (nSPS) is 15.3. The largest absolute Gasteiger partial charge is 0.310 e. The highest BCUT2D eigenvalue weighted by Crippen LogP contribution is 2.51. The van der Waals surface area contributed by atoms with Gasteiger partial charge in [0.1, 0.15) is 0 Å². The molecule has 0 N–H and O–H groups in total. The SMILES string of the molecule is CCC(C)Cc1cc(N(c2ccccc2)c2ccc3c(c2)C(C)(C)c2ccccc2-3)ccc1-c1ccc2c(c1)c1c3ccccc3ccc1n2-c1nc(C2=CCC(C)C=C2)cc(-c2ccccc2)n1. The van der Waals surface area contributed by atoms with E-state index in [-0.39, 0.29) is 5.41 Å². The summed E-state index contributed by atoms with van der Waals surface area (Å²) >= 11 is 0. The third-order valence-electron chi connectivity index (χ3n) is 15.0.